The van der Waals surface area contributed by atoms with Gasteiger partial charge in [-0.1, -0.05) is 49.1 Å². The Morgan fingerprint density at radius 2 is 1.80 bits per heavy atom. The van der Waals surface area contributed by atoms with Gasteiger partial charge in [-0.3, -0.25) is 19.1 Å². The number of hydrogen-bond donors (Lipinski definition) is 0. The molecule has 3 aliphatic heterocycles. The number of carbonyl (C=O) groups is 1. The van der Waals surface area contributed by atoms with Gasteiger partial charge in [-0.2, -0.15) is 5.26 Å². The predicted molar refractivity (Wildman–Crippen MR) is 173 cm³/mol. The highest BCUT2D eigenvalue weighted by Crippen LogP contribution is 2.38. The second-order valence-corrected chi connectivity index (χ2v) is 12.4. The number of rotatable bonds is 7. The summed E-state index contributed by atoms with van der Waals surface area (Å²) in [6, 6.07) is 14.3. The van der Waals surface area contributed by atoms with Crippen LogP contribution < -0.4 is 24.8 Å². The second-order valence-electron chi connectivity index (χ2n) is 10.7. The Morgan fingerprint density at radius 1 is 1.07 bits per heavy atom. The number of piperazine rings is 1. The first-order valence-electron chi connectivity index (χ1n) is 14.4. The summed E-state index contributed by atoms with van der Waals surface area (Å²) in [5.74, 6) is 1.41. The molecule has 0 bridgehead atoms. The number of fused-ring (bicyclic) bond motifs is 1. The number of halogens is 1. The van der Waals surface area contributed by atoms with E-state index in [1.165, 1.54) is 17.8 Å². The Kier molecular flexibility index (Phi) is 8.33. The van der Waals surface area contributed by atoms with Gasteiger partial charge in [0.2, 0.25) is 6.79 Å². The molecule has 0 unspecified atom stereocenters. The van der Waals surface area contributed by atoms with E-state index < -0.39 is 0 Å². The monoisotopic (exact) mass is 631 g/mol. The number of benzene rings is 2. The highest BCUT2D eigenvalue weighted by atomic mass is 32.2. The van der Waals surface area contributed by atoms with Crippen molar-refractivity contribution >= 4 is 51.8 Å². The molecule has 0 saturated carbocycles. The third kappa shape index (κ3) is 5.42. The summed E-state index contributed by atoms with van der Waals surface area (Å²) in [6.45, 7) is 6.67. The van der Waals surface area contributed by atoms with Gasteiger partial charge in [-0.05, 0) is 54.8 Å². The van der Waals surface area contributed by atoms with Crippen molar-refractivity contribution < 1.29 is 18.7 Å². The standard InChI is InChI=1S/C32H30FN5O4S2/c1-3-10-37-29(36-13-11-35(12-14-36)25-7-5-4-6-24(25)33)22(20(2)23(17-34)30(37)39)16-28-31(40)38(32(43)44-28)18-21-8-9-26-27(15-21)42-19-41-26/h4-9,15-16H,3,10-14,18-19H2,1-2H3. The first-order chi connectivity index (χ1) is 21.3. The van der Waals surface area contributed by atoms with Crippen LogP contribution in [0.2, 0.25) is 0 Å². The number of thiocarbonyl (C=S) groups is 1. The van der Waals surface area contributed by atoms with Crippen molar-refractivity contribution in [3.63, 3.8) is 0 Å². The molecule has 4 heterocycles. The maximum atomic E-state index is 14.5. The molecule has 1 amide bonds. The molecule has 0 spiro atoms. The summed E-state index contributed by atoms with van der Waals surface area (Å²) in [4.78, 5) is 33.3. The number of nitriles is 1. The third-order valence-electron chi connectivity index (χ3n) is 7.99. The van der Waals surface area contributed by atoms with E-state index in [9.17, 15) is 19.2 Å². The van der Waals surface area contributed by atoms with E-state index in [0.29, 0.717) is 82.5 Å². The quantitative estimate of drug-likeness (QED) is 0.263. The van der Waals surface area contributed by atoms with Crippen LogP contribution in [0.1, 0.15) is 35.6 Å². The Balaban J connectivity index is 1.35. The van der Waals surface area contributed by atoms with Crippen molar-refractivity contribution in [2.75, 3.05) is 42.8 Å². The summed E-state index contributed by atoms with van der Waals surface area (Å²) in [7, 11) is 0. The van der Waals surface area contributed by atoms with Gasteiger partial charge in [0.25, 0.3) is 11.5 Å². The number of amides is 1. The van der Waals surface area contributed by atoms with Gasteiger partial charge in [0.05, 0.1) is 17.1 Å². The van der Waals surface area contributed by atoms with Crippen LogP contribution in [0.3, 0.4) is 0 Å². The number of nitrogens with zero attached hydrogens (tertiary/aromatic N) is 5. The number of aromatic nitrogens is 1. The SMILES string of the molecule is CCCn1c(N2CCN(c3ccccc3F)CC2)c(C=C2SC(=S)N(Cc3ccc4c(c3)OCO4)C2=O)c(C)c(C#N)c1=O. The van der Waals surface area contributed by atoms with Crippen LogP contribution in [-0.2, 0) is 17.9 Å². The van der Waals surface area contributed by atoms with Gasteiger partial charge in [0.15, 0.2) is 11.5 Å². The van der Waals surface area contributed by atoms with Crippen LogP contribution in [0.15, 0.2) is 52.2 Å². The molecule has 44 heavy (non-hydrogen) atoms. The number of carbonyl (C=O) groups excluding carboxylic acids is 1. The molecule has 0 atom stereocenters. The minimum Gasteiger partial charge on any atom is -0.454 e. The highest BCUT2D eigenvalue weighted by Gasteiger charge is 2.34. The third-order valence-corrected chi connectivity index (χ3v) is 9.37. The Morgan fingerprint density at radius 3 is 2.52 bits per heavy atom. The van der Waals surface area contributed by atoms with E-state index in [4.69, 9.17) is 21.7 Å². The number of hydrogen-bond acceptors (Lipinski definition) is 9. The number of pyridine rings is 1. The first kappa shape index (κ1) is 29.7. The maximum Gasteiger partial charge on any atom is 0.270 e. The van der Waals surface area contributed by atoms with Gasteiger partial charge in [0.1, 0.15) is 27.6 Å². The second kappa shape index (κ2) is 12.3. The van der Waals surface area contributed by atoms with E-state index in [-0.39, 0.29) is 36.2 Å². The molecular weight excluding hydrogens is 602 g/mol. The predicted octanol–water partition coefficient (Wildman–Crippen LogP) is 5.03. The Bertz CT molecular complexity index is 1790. The molecule has 2 saturated heterocycles. The minimum absolute atomic E-state index is 0.0503. The van der Waals surface area contributed by atoms with Gasteiger partial charge >= 0.3 is 0 Å². The van der Waals surface area contributed by atoms with Gasteiger partial charge in [-0.25, -0.2) is 4.39 Å². The summed E-state index contributed by atoms with van der Waals surface area (Å²) in [5, 5.41) is 9.97. The fourth-order valence-corrected chi connectivity index (χ4v) is 7.01. The smallest absolute Gasteiger partial charge is 0.270 e. The molecule has 3 aromatic rings. The summed E-state index contributed by atoms with van der Waals surface area (Å²) >= 11 is 6.82. The first-order valence-corrected chi connectivity index (χ1v) is 15.6. The topological polar surface area (TPSA) is 91.0 Å². The average Bonchev–Trinajstić information content (AvgIpc) is 3.60. The van der Waals surface area contributed by atoms with Crippen molar-refractivity contribution in [1.82, 2.24) is 9.47 Å². The van der Waals surface area contributed by atoms with Crippen molar-refractivity contribution in [2.24, 2.45) is 0 Å². The summed E-state index contributed by atoms with van der Waals surface area (Å²) in [6.07, 6.45) is 2.44. The normalized spacial score (nSPS) is 17.1. The van der Waals surface area contributed by atoms with Gasteiger partial charge in [0, 0.05) is 38.3 Å². The van der Waals surface area contributed by atoms with E-state index in [0.717, 1.165) is 5.56 Å². The minimum atomic E-state index is -0.356. The highest BCUT2D eigenvalue weighted by molar-refractivity contribution is 8.26. The zero-order chi connectivity index (χ0) is 31.0. The number of anilines is 2. The molecular formula is C32H30FN5O4S2. The molecule has 9 nitrogen and oxygen atoms in total. The van der Waals surface area contributed by atoms with Crippen LogP contribution in [0.25, 0.3) is 6.08 Å². The summed E-state index contributed by atoms with van der Waals surface area (Å²) < 4.78 is 27.5. The lowest BCUT2D eigenvalue weighted by atomic mass is 10.0. The van der Waals surface area contributed by atoms with Crippen LogP contribution in [0, 0.1) is 24.1 Å². The summed E-state index contributed by atoms with van der Waals surface area (Å²) in [5.41, 5.74) is 2.23. The van der Waals surface area contributed by atoms with Crippen molar-refractivity contribution in [1.29, 1.82) is 5.26 Å². The lowest BCUT2D eigenvalue weighted by Gasteiger charge is -2.39. The van der Waals surface area contributed by atoms with Crippen LogP contribution >= 0.6 is 24.0 Å². The van der Waals surface area contributed by atoms with Gasteiger partial charge in [-0.15, -0.1) is 0 Å². The van der Waals surface area contributed by atoms with Crippen LogP contribution in [-0.4, -0.2) is 52.7 Å². The lowest BCUT2D eigenvalue weighted by molar-refractivity contribution is -0.122. The molecule has 2 fully saturated rings. The van der Waals surface area contributed by atoms with E-state index >= 15 is 0 Å². The molecule has 0 radical (unpaired) electrons. The average molecular weight is 632 g/mol. The number of para-hydroxylation sites is 1. The molecule has 3 aliphatic rings. The van der Waals surface area contributed by atoms with E-state index in [1.807, 2.05) is 36.1 Å². The number of thioether (sulfide) groups is 1. The molecule has 0 aliphatic carbocycles. The zero-order valence-corrected chi connectivity index (χ0v) is 26.0. The van der Waals surface area contributed by atoms with Gasteiger partial charge < -0.3 is 19.3 Å². The van der Waals surface area contributed by atoms with Crippen molar-refractivity contribution in [3.8, 4) is 17.6 Å². The van der Waals surface area contributed by atoms with Crippen LogP contribution in [0.5, 0.6) is 11.5 Å². The number of ether oxygens (including phenoxy) is 2. The van der Waals surface area contributed by atoms with Crippen molar-refractivity contribution in [2.45, 2.75) is 33.4 Å². The molecule has 2 aromatic carbocycles. The molecule has 6 rings (SSSR count). The molecule has 1 aromatic heterocycles. The Labute approximate surface area is 264 Å². The fourth-order valence-electron chi connectivity index (χ4n) is 5.77. The largest absolute Gasteiger partial charge is 0.454 e. The maximum absolute atomic E-state index is 14.5. The van der Waals surface area contributed by atoms with E-state index in [1.54, 1.807) is 34.6 Å². The Hall–Kier alpha value is -4.34. The molecule has 0 N–H and O–H groups in total. The van der Waals surface area contributed by atoms with Crippen molar-refractivity contribution in [3.05, 3.63) is 85.8 Å². The van der Waals surface area contributed by atoms with E-state index in [2.05, 4.69) is 11.0 Å². The fraction of sp³-hybridized carbons (Fsp3) is 0.312. The van der Waals surface area contributed by atoms with Crippen LogP contribution in [0.4, 0.5) is 15.9 Å². The molecule has 226 valence electrons. The molecule has 12 heteroatoms. The lowest BCUT2D eigenvalue weighted by Crippen LogP contribution is -2.49. The zero-order valence-electron chi connectivity index (χ0n) is 24.3.